The summed E-state index contributed by atoms with van der Waals surface area (Å²) in [7, 11) is 0. The third kappa shape index (κ3) is 1.35. The van der Waals surface area contributed by atoms with E-state index >= 15 is 0 Å². The van der Waals surface area contributed by atoms with E-state index in [2.05, 4.69) is 40.1 Å². The van der Waals surface area contributed by atoms with Crippen molar-refractivity contribution < 1.29 is 0 Å². The second kappa shape index (κ2) is 3.10. The maximum absolute atomic E-state index is 4.09. The van der Waals surface area contributed by atoms with Crippen LogP contribution in [0, 0.1) is 0 Å². The third-order valence-corrected chi connectivity index (χ3v) is 2.57. The summed E-state index contributed by atoms with van der Waals surface area (Å²) < 4.78 is 2.96. The zero-order chi connectivity index (χ0) is 9.42. The summed E-state index contributed by atoms with van der Waals surface area (Å²) in [4.78, 5) is 0. The molecule has 4 heteroatoms. The van der Waals surface area contributed by atoms with Gasteiger partial charge in [0.25, 0.3) is 0 Å². The normalized spacial score (nSPS) is 11.4. The minimum Gasteiger partial charge on any atom is -0.241 e. The molecule has 0 amide bonds. The number of aromatic nitrogens is 3. The van der Waals surface area contributed by atoms with Gasteiger partial charge in [-0.15, -0.1) is 5.10 Å². The highest BCUT2D eigenvalue weighted by Gasteiger charge is 2.09. The van der Waals surface area contributed by atoms with Crippen molar-refractivity contribution in [2.75, 3.05) is 0 Å². The number of benzene rings is 1. The van der Waals surface area contributed by atoms with Gasteiger partial charge in [-0.05, 0) is 41.9 Å². The van der Waals surface area contributed by atoms with Gasteiger partial charge in [0.2, 0.25) is 0 Å². The fraction of sp³-hybridized carbons (Fsp3) is 0.333. The average Bonchev–Trinajstić information content (AvgIpc) is 2.49. The van der Waals surface area contributed by atoms with Crippen molar-refractivity contribution in [2.24, 2.45) is 0 Å². The fourth-order valence-electron chi connectivity index (χ4n) is 1.31. The number of hydrogen-bond acceptors (Lipinski definition) is 2. The lowest BCUT2D eigenvalue weighted by Crippen LogP contribution is -2.02. The fourth-order valence-corrected chi connectivity index (χ4v) is 1.85. The molecule has 0 saturated carbocycles. The largest absolute Gasteiger partial charge is 0.241 e. The molecule has 1 aromatic heterocycles. The Bertz CT molecular complexity index is 433. The lowest BCUT2D eigenvalue weighted by atomic mass is 10.3. The Labute approximate surface area is 84.9 Å². The molecule has 0 fully saturated rings. The highest BCUT2D eigenvalue weighted by atomic mass is 79.9. The van der Waals surface area contributed by atoms with E-state index in [1.807, 2.05) is 22.9 Å². The van der Waals surface area contributed by atoms with Crippen LogP contribution >= 0.6 is 15.9 Å². The molecule has 2 rings (SSSR count). The Morgan fingerprint density at radius 3 is 2.85 bits per heavy atom. The molecule has 3 nitrogen and oxygen atoms in total. The van der Waals surface area contributed by atoms with Crippen molar-refractivity contribution in [3.63, 3.8) is 0 Å². The number of fused-ring (bicyclic) bond motifs is 1. The van der Waals surface area contributed by atoms with Gasteiger partial charge in [-0.3, -0.25) is 0 Å². The van der Waals surface area contributed by atoms with Crippen LogP contribution in [0.25, 0.3) is 11.0 Å². The molecule has 0 aliphatic rings. The molecule has 0 radical (unpaired) electrons. The molecule has 1 aromatic carbocycles. The van der Waals surface area contributed by atoms with Crippen LogP contribution in [0.2, 0.25) is 0 Å². The van der Waals surface area contributed by atoms with Crippen molar-refractivity contribution >= 4 is 27.0 Å². The van der Waals surface area contributed by atoms with Crippen LogP contribution < -0.4 is 0 Å². The smallest absolute Gasteiger partial charge is 0.114 e. The van der Waals surface area contributed by atoms with Crippen molar-refractivity contribution in [2.45, 2.75) is 19.9 Å². The maximum Gasteiger partial charge on any atom is 0.114 e. The molecule has 0 spiro atoms. The summed E-state index contributed by atoms with van der Waals surface area (Å²) >= 11 is 3.49. The summed E-state index contributed by atoms with van der Waals surface area (Å²) in [5, 5.41) is 8.18. The molecule has 0 N–H and O–H groups in total. The minimum atomic E-state index is 0.337. The van der Waals surface area contributed by atoms with Crippen molar-refractivity contribution in [1.29, 1.82) is 0 Å². The first-order valence-corrected chi connectivity index (χ1v) is 4.99. The van der Waals surface area contributed by atoms with Gasteiger partial charge >= 0.3 is 0 Å². The molecular weight excluding hydrogens is 230 g/mol. The first-order chi connectivity index (χ1) is 6.20. The Kier molecular flexibility index (Phi) is 2.07. The van der Waals surface area contributed by atoms with Gasteiger partial charge in [0.1, 0.15) is 11.0 Å². The SMILES string of the molecule is CC(C)n1nnc2cccc(Br)c21. The molecule has 0 unspecified atom stereocenters. The summed E-state index contributed by atoms with van der Waals surface area (Å²) in [6.07, 6.45) is 0. The minimum absolute atomic E-state index is 0.337. The van der Waals surface area contributed by atoms with E-state index in [4.69, 9.17) is 0 Å². The van der Waals surface area contributed by atoms with E-state index in [9.17, 15) is 0 Å². The lowest BCUT2D eigenvalue weighted by molar-refractivity contribution is 0.529. The van der Waals surface area contributed by atoms with E-state index in [-0.39, 0.29) is 0 Å². The number of rotatable bonds is 1. The van der Waals surface area contributed by atoms with Crippen LogP contribution in [0.15, 0.2) is 22.7 Å². The first kappa shape index (κ1) is 8.69. The van der Waals surface area contributed by atoms with E-state index in [1.165, 1.54) is 0 Å². The third-order valence-electron chi connectivity index (χ3n) is 1.93. The van der Waals surface area contributed by atoms with Crippen LogP contribution in [0.4, 0.5) is 0 Å². The van der Waals surface area contributed by atoms with Gasteiger partial charge in [0.15, 0.2) is 0 Å². The standard InChI is InChI=1S/C9H10BrN3/c1-6(2)13-9-7(10)4-3-5-8(9)11-12-13/h3-6H,1-2H3. The van der Waals surface area contributed by atoms with Gasteiger partial charge in [-0.1, -0.05) is 11.3 Å². The molecule has 0 aliphatic heterocycles. The van der Waals surface area contributed by atoms with E-state index in [0.29, 0.717) is 6.04 Å². The number of halogens is 1. The van der Waals surface area contributed by atoms with E-state index in [0.717, 1.165) is 15.5 Å². The summed E-state index contributed by atoms with van der Waals surface area (Å²) in [6, 6.07) is 6.27. The topological polar surface area (TPSA) is 30.7 Å². The van der Waals surface area contributed by atoms with E-state index < -0.39 is 0 Å². The molecule has 0 bridgehead atoms. The van der Waals surface area contributed by atoms with Gasteiger partial charge in [0, 0.05) is 10.5 Å². The van der Waals surface area contributed by atoms with Gasteiger partial charge in [0.05, 0.1) is 0 Å². The molecular formula is C9H10BrN3. The summed E-state index contributed by atoms with van der Waals surface area (Å²) in [6.45, 7) is 4.18. The quantitative estimate of drug-likeness (QED) is 0.767. The Morgan fingerprint density at radius 1 is 1.38 bits per heavy atom. The molecule has 13 heavy (non-hydrogen) atoms. The van der Waals surface area contributed by atoms with E-state index in [1.54, 1.807) is 0 Å². The van der Waals surface area contributed by atoms with Gasteiger partial charge < -0.3 is 0 Å². The van der Waals surface area contributed by atoms with Gasteiger partial charge in [-0.2, -0.15) is 0 Å². The Hall–Kier alpha value is -0.900. The first-order valence-electron chi connectivity index (χ1n) is 4.19. The van der Waals surface area contributed by atoms with Gasteiger partial charge in [-0.25, -0.2) is 4.68 Å². The van der Waals surface area contributed by atoms with Crippen molar-refractivity contribution in [1.82, 2.24) is 15.0 Å². The monoisotopic (exact) mass is 239 g/mol. The van der Waals surface area contributed by atoms with Crippen LogP contribution in [-0.4, -0.2) is 15.0 Å². The maximum atomic E-state index is 4.09. The molecule has 0 saturated heterocycles. The molecule has 2 aromatic rings. The second-order valence-electron chi connectivity index (χ2n) is 3.24. The Morgan fingerprint density at radius 2 is 2.15 bits per heavy atom. The average molecular weight is 240 g/mol. The summed E-state index contributed by atoms with van der Waals surface area (Å²) in [5.74, 6) is 0. The van der Waals surface area contributed by atoms with Crippen LogP contribution in [0.5, 0.6) is 0 Å². The lowest BCUT2D eigenvalue weighted by Gasteiger charge is -2.05. The van der Waals surface area contributed by atoms with Crippen molar-refractivity contribution in [3.05, 3.63) is 22.7 Å². The molecule has 68 valence electrons. The Balaban J connectivity index is 2.79. The predicted molar refractivity (Wildman–Crippen MR) is 55.6 cm³/mol. The molecule has 0 atom stereocenters. The summed E-state index contributed by atoms with van der Waals surface area (Å²) in [5.41, 5.74) is 2.00. The zero-order valence-corrected chi connectivity index (χ0v) is 9.12. The second-order valence-corrected chi connectivity index (χ2v) is 4.09. The van der Waals surface area contributed by atoms with Crippen LogP contribution in [0.3, 0.4) is 0 Å². The molecule has 1 heterocycles. The van der Waals surface area contributed by atoms with Crippen molar-refractivity contribution in [3.8, 4) is 0 Å². The van der Waals surface area contributed by atoms with Crippen LogP contribution in [-0.2, 0) is 0 Å². The molecule has 0 aliphatic carbocycles. The number of para-hydroxylation sites is 1. The number of nitrogens with zero attached hydrogens (tertiary/aromatic N) is 3. The highest BCUT2D eigenvalue weighted by Crippen LogP contribution is 2.23. The number of hydrogen-bond donors (Lipinski definition) is 0. The zero-order valence-electron chi connectivity index (χ0n) is 7.53. The highest BCUT2D eigenvalue weighted by molar-refractivity contribution is 9.10. The van der Waals surface area contributed by atoms with Crippen LogP contribution in [0.1, 0.15) is 19.9 Å². The predicted octanol–water partition coefficient (Wildman–Crippen LogP) is 2.77.